The molecule has 0 heterocycles. The van der Waals surface area contributed by atoms with E-state index in [9.17, 15) is 24.0 Å². The molecule has 0 bridgehead atoms. The van der Waals surface area contributed by atoms with E-state index in [4.69, 9.17) is 16.6 Å². The highest BCUT2D eigenvalue weighted by molar-refractivity contribution is 5.91. The first kappa shape index (κ1) is 51.3. The van der Waals surface area contributed by atoms with Crippen molar-refractivity contribution >= 4 is 29.4 Å². The molecule has 14 heteroatoms. The minimum absolute atomic E-state index is 0. The van der Waals surface area contributed by atoms with Crippen LogP contribution in [0.1, 0.15) is 53.4 Å². The lowest BCUT2D eigenvalue weighted by Crippen LogP contribution is -2.45. The lowest BCUT2D eigenvalue weighted by molar-refractivity contribution is -0.141. The molecule has 5 fully saturated rings. The lowest BCUT2D eigenvalue weighted by Gasteiger charge is -2.12. The number of carbonyl (C=O) groups is 5. The Morgan fingerprint density at radius 2 is 0.868 bits per heavy atom. The minimum atomic E-state index is -0.778. The Morgan fingerprint density at radius 1 is 0.547 bits per heavy atom. The number of nitrogens with one attached hydrogen (secondary N) is 5. The Bertz CT molecular complexity index is 1320. The van der Waals surface area contributed by atoms with Gasteiger partial charge in [0.2, 0.25) is 11.8 Å². The van der Waals surface area contributed by atoms with Crippen molar-refractivity contribution < 1.29 is 29.1 Å². The van der Waals surface area contributed by atoms with E-state index < -0.39 is 22.6 Å². The van der Waals surface area contributed by atoms with Crippen LogP contribution in [0.3, 0.4) is 0 Å². The van der Waals surface area contributed by atoms with Crippen molar-refractivity contribution in [1.82, 2.24) is 26.6 Å². The van der Waals surface area contributed by atoms with Crippen LogP contribution in [0.25, 0.3) is 0 Å². The van der Waals surface area contributed by atoms with E-state index in [0.29, 0.717) is 18.3 Å². The van der Waals surface area contributed by atoms with Crippen molar-refractivity contribution in [3.63, 3.8) is 0 Å². The maximum absolute atomic E-state index is 11.3. The zero-order chi connectivity index (χ0) is 40.9. The van der Waals surface area contributed by atoms with E-state index in [1.54, 1.807) is 53.3 Å². The quantitative estimate of drug-likeness (QED) is 0.121. The first-order chi connectivity index (χ1) is 24.3. The Labute approximate surface area is 318 Å². The first-order valence-corrected chi connectivity index (χ1v) is 17.4. The van der Waals surface area contributed by atoms with Crippen LogP contribution in [-0.4, -0.2) is 104 Å². The molecule has 2 amide bonds. The summed E-state index contributed by atoms with van der Waals surface area (Å²) in [6.45, 7) is 21.2. The fraction of sp³-hybridized carbons (Fsp3) is 0.615. The molecule has 5 saturated carbocycles. The topological polar surface area (TPSA) is 244 Å². The normalized spacial score (nSPS) is 35.0. The van der Waals surface area contributed by atoms with Crippen molar-refractivity contribution in [1.29, 1.82) is 0 Å². The summed E-state index contributed by atoms with van der Waals surface area (Å²) < 4.78 is 0. The van der Waals surface area contributed by atoms with Gasteiger partial charge in [-0.05, 0) is 74.1 Å². The van der Waals surface area contributed by atoms with Gasteiger partial charge in [0.15, 0.2) is 0 Å². The number of aliphatic carboxylic acids is 1. The van der Waals surface area contributed by atoms with Crippen molar-refractivity contribution in [2.75, 3.05) is 42.3 Å². The number of ketones is 2. The molecular formula is C39H70N8O6. The monoisotopic (exact) mass is 747 g/mol. The number of carboxylic acids is 1. The highest BCUT2D eigenvalue weighted by Crippen LogP contribution is 2.46. The van der Waals surface area contributed by atoms with E-state index in [1.165, 1.54) is 14.0 Å². The third-order valence-corrected chi connectivity index (χ3v) is 10.9. The Kier molecular flexibility index (Phi) is 20.5. The number of hydrogen-bond donors (Lipinski definition) is 9. The van der Waals surface area contributed by atoms with Gasteiger partial charge in [0.25, 0.3) is 0 Å². The lowest BCUT2D eigenvalue weighted by atomic mass is 10.1. The summed E-state index contributed by atoms with van der Waals surface area (Å²) in [5.41, 5.74) is 13.3. The van der Waals surface area contributed by atoms with Crippen LogP contribution in [0.5, 0.6) is 0 Å². The zero-order valence-corrected chi connectivity index (χ0v) is 32.6. The van der Waals surface area contributed by atoms with Crippen LogP contribution < -0.4 is 43.8 Å². The highest BCUT2D eigenvalue weighted by atomic mass is 16.4. The van der Waals surface area contributed by atoms with E-state index in [1.807, 2.05) is 19.2 Å². The van der Waals surface area contributed by atoms with Gasteiger partial charge < -0.3 is 48.9 Å². The van der Waals surface area contributed by atoms with Gasteiger partial charge in [0.05, 0.1) is 11.1 Å². The molecule has 0 radical (unpaired) electrons. The number of carbonyl (C=O) groups excluding carboxylic acids is 4. The summed E-state index contributed by atoms with van der Waals surface area (Å²) >= 11 is 0. The number of likely N-dealkylation sites (N-methyl/N-ethyl adjacent to an activating group) is 5. The molecule has 0 aromatic heterocycles. The summed E-state index contributed by atoms with van der Waals surface area (Å²) in [5, 5.41) is 22.7. The highest BCUT2D eigenvalue weighted by Gasteiger charge is 2.59. The van der Waals surface area contributed by atoms with Gasteiger partial charge in [-0.25, -0.2) is 0 Å². The third-order valence-electron chi connectivity index (χ3n) is 10.9. The number of amides is 2. The summed E-state index contributed by atoms with van der Waals surface area (Å²) in [7, 11) is 10.0. The van der Waals surface area contributed by atoms with Crippen LogP contribution in [0, 0.1) is 29.6 Å². The molecular weight excluding hydrogens is 676 g/mol. The average molecular weight is 747 g/mol. The van der Waals surface area contributed by atoms with Crippen LogP contribution >= 0.6 is 0 Å². The zero-order valence-electron chi connectivity index (χ0n) is 32.6. The van der Waals surface area contributed by atoms with Gasteiger partial charge in [-0.2, -0.15) is 0 Å². The standard InChI is InChI=1S/C8H14N2O.C8H13NO.C7H12N2O.C7H11NO2.C7H11NO.CH5N.CH4/c1-4-6-5-8(6,10-3)7(11)9-2;1-4-7-5-8(7,9-3)6(2)10;1-3-5-4-7(5,8)6(10)9-2;1-3-5-4-7(5,8-2)6(9)10;1-3-6-4-7(6,8)5(2)9;1-2;/h4,6,10H,1,5H2,2-3H3,(H,9,11);4,7,9H,1,5H2,2-3H3;3,5H,1,4,8H2,2H3,(H,9,10);3,5,8H,1,4H2,2H3,(H,9,10);3,6H,1,4,8H2,2H3;2H2,1H3;1H4. The van der Waals surface area contributed by atoms with E-state index in [2.05, 4.69) is 65.2 Å². The molecule has 0 aromatic rings. The SMILES string of the molecule is C.C=CC1CC1(N)C(=O)NC.C=CC1CC1(N)C(C)=O.C=CC1CC1(NC)C(=O)NC.C=CC1CC1(NC)C(=O)O.C=CC1CC1(NC)C(C)=O.CN. The van der Waals surface area contributed by atoms with Crippen LogP contribution in [-0.2, 0) is 24.0 Å². The number of hydrogen-bond acceptors (Lipinski definition) is 11. The molecule has 12 N–H and O–H groups in total. The molecule has 0 saturated heterocycles. The second kappa shape index (κ2) is 21.2. The summed E-state index contributed by atoms with van der Waals surface area (Å²) in [6, 6.07) is 0. The number of nitrogens with two attached hydrogens (primary N) is 3. The van der Waals surface area contributed by atoms with Gasteiger partial charge >= 0.3 is 5.97 Å². The Balaban J connectivity index is 0. The predicted molar refractivity (Wildman–Crippen MR) is 215 cm³/mol. The molecule has 5 rings (SSSR count). The van der Waals surface area contributed by atoms with Crippen molar-refractivity contribution in [2.45, 2.75) is 81.1 Å². The van der Waals surface area contributed by atoms with Gasteiger partial charge in [-0.3, -0.25) is 24.0 Å². The van der Waals surface area contributed by atoms with Gasteiger partial charge in [0, 0.05) is 43.7 Å². The fourth-order valence-corrected chi connectivity index (χ4v) is 6.21. The van der Waals surface area contributed by atoms with Gasteiger partial charge in [-0.15, -0.1) is 32.9 Å². The largest absolute Gasteiger partial charge is 0.480 e. The molecule has 0 aromatic carbocycles. The van der Waals surface area contributed by atoms with E-state index >= 15 is 0 Å². The van der Waals surface area contributed by atoms with Crippen molar-refractivity contribution in [3.8, 4) is 0 Å². The average Bonchev–Trinajstić information content (AvgIpc) is 3.95. The molecule has 10 unspecified atom stereocenters. The predicted octanol–water partition coefficient (Wildman–Crippen LogP) is 1.20. The Morgan fingerprint density at radius 3 is 1.04 bits per heavy atom. The maximum atomic E-state index is 11.3. The van der Waals surface area contributed by atoms with Gasteiger partial charge in [-0.1, -0.05) is 37.8 Å². The summed E-state index contributed by atoms with van der Waals surface area (Å²) in [6.07, 6.45) is 12.8. The molecule has 14 nitrogen and oxygen atoms in total. The summed E-state index contributed by atoms with van der Waals surface area (Å²) in [5.74, 6) is 0.661. The molecule has 10 atom stereocenters. The number of carboxylic acid groups (broad SMARTS) is 1. The second-order valence-electron chi connectivity index (χ2n) is 13.6. The molecule has 5 aliphatic rings. The molecule has 53 heavy (non-hydrogen) atoms. The molecule has 0 aliphatic heterocycles. The summed E-state index contributed by atoms with van der Waals surface area (Å²) in [4.78, 5) is 54.6. The minimum Gasteiger partial charge on any atom is -0.480 e. The first-order valence-electron chi connectivity index (χ1n) is 17.4. The second-order valence-corrected chi connectivity index (χ2v) is 13.6. The third kappa shape index (κ3) is 11.6. The fourth-order valence-electron chi connectivity index (χ4n) is 6.21. The van der Waals surface area contributed by atoms with Crippen LogP contribution in [0.4, 0.5) is 0 Å². The van der Waals surface area contributed by atoms with Crippen molar-refractivity contribution in [3.05, 3.63) is 63.3 Å². The van der Waals surface area contributed by atoms with E-state index in [0.717, 1.165) is 25.7 Å². The van der Waals surface area contributed by atoms with Crippen molar-refractivity contribution in [2.24, 2.45) is 46.8 Å². The number of Topliss-reactive ketones (excluding diaryl/α,β-unsaturated/α-hetero) is 2. The maximum Gasteiger partial charge on any atom is 0.324 e. The number of rotatable bonds is 13. The van der Waals surface area contributed by atoms with Crippen LogP contribution in [0.15, 0.2) is 63.3 Å². The molecule has 0 spiro atoms. The van der Waals surface area contributed by atoms with Gasteiger partial charge in [0.1, 0.15) is 28.2 Å². The smallest absolute Gasteiger partial charge is 0.324 e. The van der Waals surface area contributed by atoms with E-state index in [-0.39, 0.29) is 59.6 Å². The van der Waals surface area contributed by atoms with Crippen LogP contribution in [0.2, 0.25) is 0 Å². The Hall–Kier alpha value is -3.79. The molecule has 302 valence electrons. The molecule has 5 aliphatic carbocycles.